The lowest BCUT2D eigenvalue weighted by Gasteiger charge is -2.38. The molecule has 3 amide bonds. The van der Waals surface area contributed by atoms with Gasteiger partial charge in [0.25, 0.3) is 5.91 Å². The number of rotatable bonds is 8. The SMILES string of the molecule is C[C@@H]1CN([C@@H](C)CO)C(=O)c2cc(NC(=O)Nc3ccccc3)ccc2O[C@@H]1CN(C)S(=O)(=O)c1ccccc1. The topological polar surface area (TPSA) is 128 Å². The molecule has 212 valence electrons. The van der Waals surface area contributed by atoms with Gasteiger partial charge in [0, 0.05) is 30.9 Å². The number of anilines is 2. The van der Waals surface area contributed by atoms with Crippen molar-refractivity contribution in [1.82, 2.24) is 9.21 Å². The molecular formula is C29H34N4O6S. The van der Waals surface area contributed by atoms with E-state index >= 15 is 0 Å². The van der Waals surface area contributed by atoms with Gasteiger partial charge in [-0.2, -0.15) is 4.31 Å². The van der Waals surface area contributed by atoms with Crippen molar-refractivity contribution in [2.75, 3.05) is 37.4 Å². The lowest BCUT2D eigenvalue weighted by atomic mass is 9.99. The summed E-state index contributed by atoms with van der Waals surface area (Å²) in [5.74, 6) is -0.371. The summed E-state index contributed by atoms with van der Waals surface area (Å²) in [7, 11) is -2.28. The van der Waals surface area contributed by atoms with E-state index in [4.69, 9.17) is 4.74 Å². The number of nitrogens with one attached hydrogen (secondary N) is 2. The van der Waals surface area contributed by atoms with Gasteiger partial charge >= 0.3 is 6.03 Å². The van der Waals surface area contributed by atoms with E-state index in [1.165, 1.54) is 29.6 Å². The van der Waals surface area contributed by atoms with Crippen LogP contribution >= 0.6 is 0 Å². The van der Waals surface area contributed by atoms with Crippen LogP contribution in [0.3, 0.4) is 0 Å². The van der Waals surface area contributed by atoms with Gasteiger partial charge in [-0.25, -0.2) is 13.2 Å². The molecule has 1 aliphatic rings. The summed E-state index contributed by atoms with van der Waals surface area (Å²) < 4.78 is 33.9. The van der Waals surface area contributed by atoms with Gasteiger partial charge in [0.05, 0.1) is 29.7 Å². The number of urea groups is 1. The second-order valence-electron chi connectivity index (χ2n) is 9.88. The Morgan fingerprint density at radius 1 is 1.05 bits per heavy atom. The Bertz CT molecular complexity index is 1440. The Morgan fingerprint density at radius 2 is 1.68 bits per heavy atom. The molecular weight excluding hydrogens is 532 g/mol. The van der Waals surface area contributed by atoms with Gasteiger partial charge < -0.3 is 25.4 Å². The zero-order chi connectivity index (χ0) is 28.9. The van der Waals surface area contributed by atoms with E-state index in [1.807, 2.05) is 13.0 Å². The molecule has 3 atom stereocenters. The Labute approximate surface area is 234 Å². The number of hydrogen-bond donors (Lipinski definition) is 3. The van der Waals surface area contributed by atoms with Crippen LogP contribution in [0, 0.1) is 5.92 Å². The summed E-state index contributed by atoms with van der Waals surface area (Å²) in [4.78, 5) is 27.9. The van der Waals surface area contributed by atoms with Crippen molar-refractivity contribution >= 4 is 33.3 Å². The Hall–Kier alpha value is -3.93. The molecule has 0 saturated heterocycles. The van der Waals surface area contributed by atoms with Crippen LogP contribution in [0.1, 0.15) is 24.2 Å². The maximum Gasteiger partial charge on any atom is 0.323 e. The molecule has 0 radical (unpaired) electrons. The predicted molar refractivity (Wildman–Crippen MR) is 153 cm³/mol. The fourth-order valence-corrected chi connectivity index (χ4v) is 5.66. The molecule has 0 spiro atoms. The zero-order valence-electron chi connectivity index (χ0n) is 22.7. The van der Waals surface area contributed by atoms with Crippen molar-refractivity contribution in [1.29, 1.82) is 0 Å². The fourth-order valence-electron chi connectivity index (χ4n) is 4.46. The van der Waals surface area contributed by atoms with Crippen LogP contribution < -0.4 is 15.4 Å². The Kier molecular flexibility index (Phi) is 9.08. The fraction of sp³-hybridized carbons (Fsp3) is 0.310. The van der Waals surface area contributed by atoms with Crippen molar-refractivity contribution in [2.45, 2.75) is 30.9 Å². The average Bonchev–Trinajstić information content (AvgIpc) is 2.95. The van der Waals surface area contributed by atoms with E-state index in [1.54, 1.807) is 66.4 Å². The van der Waals surface area contributed by atoms with Crippen molar-refractivity contribution in [3.63, 3.8) is 0 Å². The molecule has 10 nitrogen and oxygen atoms in total. The van der Waals surface area contributed by atoms with Crippen LogP contribution in [0.15, 0.2) is 83.8 Å². The minimum Gasteiger partial charge on any atom is -0.488 e. The molecule has 0 unspecified atom stereocenters. The van der Waals surface area contributed by atoms with E-state index in [2.05, 4.69) is 10.6 Å². The molecule has 0 fully saturated rings. The number of carbonyl (C=O) groups is 2. The number of nitrogens with zero attached hydrogens (tertiary/aromatic N) is 2. The van der Waals surface area contributed by atoms with Gasteiger partial charge in [-0.3, -0.25) is 4.79 Å². The number of amides is 3. The maximum atomic E-state index is 13.6. The van der Waals surface area contributed by atoms with Crippen LogP contribution in [0.5, 0.6) is 5.75 Å². The first kappa shape index (κ1) is 29.1. The second-order valence-corrected chi connectivity index (χ2v) is 11.9. The van der Waals surface area contributed by atoms with Crippen molar-refractivity contribution < 1.29 is 27.9 Å². The Balaban J connectivity index is 1.62. The van der Waals surface area contributed by atoms with Crippen LogP contribution in [-0.2, 0) is 10.0 Å². The predicted octanol–water partition coefficient (Wildman–Crippen LogP) is 3.87. The number of carbonyl (C=O) groups excluding carboxylic acids is 2. The number of fused-ring (bicyclic) bond motifs is 1. The summed E-state index contributed by atoms with van der Waals surface area (Å²) >= 11 is 0. The highest BCUT2D eigenvalue weighted by atomic mass is 32.2. The number of ether oxygens (including phenoxy) is 1. The third-order valence-corrected chi connectivity index (χ3v) is 8.68. The summed E-state index contributed by atoms with van der Waals surface area (Å²) in [5, 5.41) is 15.3. The highest BCUT2D eigenvalue weighted by Gasteiger charge is 2.35. The summed E-state index contributed by atoms with van der Waals surface area (Å²) in [6, 6.07) is 20.8. The van der Waals surface area contributed by atoms with E-state index in [0.717, 1.165) is 0 Å². The molecule has 0 saturated carbocycles. The minimum atomic E-state index is -3.77. The van der Waals surface area contributed by atoms with E-state index in [0.29, 0.717) is 11.4 Å². The van der Waals surface area contributed by atoms with Gasteiger partial charge in [-0.1, -0.05) is 43.3 Å². The van der Waals surface area contributed by atoms with Gasteiger partial charge in [0.1, 0.15) is 11.9 Å². The largest absolute Gasteiger partial charge is 0.488 e. The smallest absolute Gasteiger partial charge is 0.323 e. The van der Waals surface area contributed by atoms with Crippen LogP contribution in [-0.4, -0.2) is 73.6 Å². The monoisotopic (exact) mass is 566 g/mol. The molecule has 11 heteroatoms. The number of hydrogen-bond acceptors (Lipinski definition) is 6. The van der Waals surface area contributed by atoms with E-state index in [9.17, 15) is 23.1 Å². The van der Waals surface area contributed by atoms with E-state index < -0.39 is 28.2 Å². The number of likely N-dealkylation sites (N-methyl/N-ethyl adjacent to an activating group) is 1. The number of benzene rings is 3. The minimum absolute atomic E-state index is 0.0346. The zero-order valence-corrected chi connectivity index (χ0v) is 23.5. The standard InChI is InChI=1S/C29H34N4O6S/c1-20-17-33(21(2)19-34)28(35)25-16-23(31-29(36)30-22-10-6-4-7-11-22)14-15-26(25)39-27(20)18-32(3)40(37,38)24-12-8-5-9-13-24/h4-16,20-21,27,34H,17-19H2,1-3H3,(H2,30,31,36)/t20-,21+,27-/m1/s1. The molecule has 4 rings (SSSR count). The first-order valence-corrected chi connectivity index (χ1v) is 14.4. The highest BCUT2D eigenvalue weighted by molar-refractivity contribution is 7.89. The maximum absolute atomic E-state index is 13.6. The number of aliphatic hydroxyl groups is 1. The van der Waals surface area contributed by atoms with Crippen molar-refractivity contribution in [3.05, 3.63) is 84.4 Å². The first-order chi connectivity index (χ1) is 19.1. The van der Waals surface area contributed by atoms with Crippen LogP contribution in [0.4, 0.5) is 16.2 Å². The first-order valence-electron chi connectivity index (χ1n) is 13.0. The van der Waals surface area contributed by atoms with E-state index in [-0.39, 0.29) is 47.7 Å². The lowest BCUT2D eigenvalue weighted by molar-refractivity contribution is 0.0387. The van der Waals surface area contributed by atoms with Crippen molar-refractivity contribution in [2.24, 2.45) is 5.92 Å². The number of aliphatic hydroxyl groups excluding tert-OH is 1. The number of para-hydroxylation sites is 1. The second kappa shape index (κ2) is 12.5. The average molecular weight is 567 g/mol. The summed E-state index contributed by atoms with van der Waals surface area (Å²) in [6.07, 6.45) is -0.607. The molecule has 3 aromatic rings. The van der Waals surface area contributed by atoms with Crippen LogP contribution in [0.2, 0.25) is 0 Å². The molecule has 1 heterocycles. The molecule has 3 N–H and O–H groups in total. The third-order valence-electron chi connectivity index (χ3n) is 6.84. The quantitative estimate of drug-likeness (QED) is 0.380. The molecule has 40 heavy (non-hydrogen) atoms. The third kappa shape index (κ3) is 6.61. The summed E-state index contributed by atoms with van der Waals surface area (Å²) in [5.41, 5.74) is 1.18. The lowest BCUT2D eigenvalue weighted by Crippen LogP contribution is -2.50. The Morgan fingerprint density at radius 3 is 2.33 bits per heavy atom. The molecule has 1 aliphatic heterocycles. The summed E-state index contributed by atoms with van der Waals surface area (Å²) in [6.45, 7) is 3.64. The van der Waals surface area contributed by atoms with Gasteiger partial charge in [0.2, 0.25) is 10.0 Å². The van der Waals surface area contributed by atoms with Crippen LogP contribution in [0.25, 0.3) is 0 Å². The molecule has 0 bridgehead atoms. The van der Waals surface area contributed by atoms with Gasteiger partial charge in [-0.15, -0.1) is 0 Å². The molecule has 0 aromatic heterocycles. The van der Waals surface area contributed by atoms with Gasteiger partial charge in [0.15, 0.2) is 0 Å². The van der Waals surface area contributed by atoms with Gasteiger partial charge in [-0.05, 0) is 49.4 Å². The number of sulfonamides is 1. The van der Waals surface area contributed by atoms with Crippen molar-refractivity contribution in [3.8, 4) is 5.75 Å². The molecule has 3 aromatic carbocycles. The highest BCUT2D eigenvalue weighted by Crippen LogP contribution is 2.31. The molecule has 0 aliphatic carbocycles. The normalized spacial score (nSPS) is 18.2.